The quantitative estimate of drug-likeness (QED) is 0.255. The molecule has 10 heteroatoms. The lowest BCUT2D eigenvalue weighted by atomic mass is 9.96. The largest absolute Gasteiger partial charge is 0.495 e. The van der Waals surface area contributed by atoms with Gasteiger partial charge in [0.25, 0.3) is 5.56 Å². The van der Waals surface area contributed by atoms with Crippen LogP contribution in [0.3, 0.4) is 0 Å². The third kappa shape index (κ3) is 5.94. The molecule has 2 N–H and O–H groups in total. The maximum Gasteiger partial charge on any atom is 0.335 e. The first-order valence-electron chi connectivity index (χ1n) is 12.1. The predicted octanol–water partition coefficient (Wildman–Crippen LogP) is 5.64. The fourth-order valence-corrected chi connectivity index (χ4v) is 4.47. The van der Waals surface area contributed by atoms with Crippen LogP contribution in [0.5, 0.6) is 5.75 Å². The number of pyridine rings is 1. The Morgan fingerprint density at radius 3 is 2.33 bits per heavy atom. The second kappa shape index (κ2) is 12.0. The molecular formula is C30H24ClFN2O6. The summed E-state index contributed by atoms with van der Waals surface area (Å²) in [4.78, 5) is 50.5. The molecule has 0 aliphatic rings. The van der Waals surface area contributed by atoms with Gasteiger partial charge in [-0.2, -0.15) is 0 Å². The second-order valence-corrected chi connectivity index (χ2v) is 9.33. The predicted molar refractivity (Wildman–Crippen MR) is 149 cm³/mol. The van der Waals surface area contributed by atoms with Gasteiger partial charge in [0, 0.05) is 34.9 Å². The first kappa shape index (κ1) is 28.3. The maximum absolute atomic E-state index is 15.2. The number of halogens is 2. The van der Waals surface area contributed by atoms with Crippen molar-refractivity contribution in [1.29, 1.82) is 0 Å². The molecule has 0 aliphatic heterocycles. The number of benzene rings is 3. The summed E-state index contributed by atoms with van der Waals surface area (Å²) in [6, 6.07) is 17.3. The SMILES string of the molecule is COc1cn(C(Cc2ccccc2)C(=O)Nc2ccc(C(=O)O)cc2)c(=O)cc1-c1c(C(C)=O)ccc(Cl)c1F. The lowest BCUT2D eigenvalue weighted by Crippen LogP contribution is -2.34. The van der Waals surface area contributed by atoms with E-state index in [0.29, 0.717) is 5.69 Å². The molecule has 1 unspecified atom stereocenters. The van der Waals surface area contributed by atoms with E-state index in [-0.39, 0.29) is 39.4 Å². The number of nitrogens with one attached hydrogen (secondary N) is 1. The summed E-state index contributed by atoms with van der Waals surface area (Å²) in [6.45, 7) is 1.27. The number of carbonyl (C=O) groups is 3. The zero-order chi connectivity index (χ0) is 29.0. The highest BCUT2D eigenvalue weighted by Gasteiger charge is 2.26. The lowest BCUT2D eigenvalue weighted by Gasteiger charge is -2.22. The number of aromatic carboxylic acids is 1. The van der Waals surface area contributed by atoms with Gasteiger partial charge in [0.15, 0.2) is 5.78 Å². The van der Waals surface area contributed by atoms with Gasteiger partial charge in [-0.1, -0.05) is 41.9 Å². The first-order valence-corrected chi connectivity index (χ1v) is 12.5. The van der Waals surface area contributed by atoms with Crippen molar-refractivity contribution in [1.82, 2.24) is 4.57 Å². The van der Waals surface area contributed by atoms with Gasteiger partial charge < -0.3 is 15.2 Å². The van der Waals surface area contributed by atoms with Gasteiger partial charge in [-0.3, -0.25) is 19.0 Å². The summed E-state index contributed by atoms with van der Waals surface area (Å²) in [5.74, 6) is -2.94. The summed E-state index contributed by atoms with van der Waals surface area (Å²) in [6.07, 6.45) is 1.41. The number of hydrogen-bond acceptors (Lipinski definition) is 5. The number of rotatable bonds is 9. The fourth-order valence-electron chi connectivity index (χ4n) is 4.31. The Labute approximate surface area is 233 Å². The number of anilines is 1. The summed E-state index contributed by atoms with van der Waals surface area (Å²) < 4.78 is 21.9. The number of methoxy groups -OCH3 is 1. The van der Waals surface area contributed by atoms with Crippen LogP contribution < -0.4 is 15.6 Å². The number of nitrogens with zero attached hydrogens (tertiary/aromatic N) is 1. The number of ether oxygens (including phenoxy) is 1. The highest BCUT2D eigenvalue weighted by Crippen LogP contribution is 2.37. The van der Waals surface area contributed by atoms with Gasteiger partial charge in [0.05, 0.1) is 23.9 Å². The highest BCUT2D eigenvalue weighted by molar-refractivity contribution is 6.31. The molecule has 8 nitrogen and oxygen atoms in total. The number of aromatic nitrogens is 1. The molecule has 204 valence electrons. The zero-order valence-corrected chi connectivity index (χ0v) is 22.2. The molecule has 0 aliphatic carbocycles. The fraction of sp³-hybridized carbons (Fsp3) is 0.133. The monoisotopic (exact) mass is 562 g/mol. The molecule has 1 atom stereocenters. The number of carbonyl (C=O) groups excluding carboxylic acids is 2. The molecule has 0 radical (unpaired) electrons. The Morgan fingerprint density at radius 1 is 1.05 bits per heavy atom. The van der Waals surface area contributed by atoms with Crippen molar-refractivity contribution in [2.24, 2.45) is 0 Å². The van der Waals surface area contributed by atoms with E-state index in [1.807, 2.05) is 6.07 Å². The van der Waals surface area contributed by atoms with Crippen molar-refractivity contribution in [3.05, 3.63) is 117 Å². The molecule has 0 fully saturated rings. The normalized spacial score (nSPS) is 11.5. The van der Waals surface area contributed by atoms with Crippen molar-refractivity contribution < 1.29 is 28.6 Å². The van der Waals surface area contributed by atoms with Crippen LogP contribution >= 0.6 is 11.6 Å². The van der Waals surface area contributed by atoms with Gasteiger partial charge in [-0.15, -0.1) is 0 Å². The smallest absolute Gasteiger partial charge is 0.335 e. The highest BCUT2D eigenvalue weighted by atomic mass is 35.5. The molecule has 4 rings (SSSR count). The maximum atomic E-state index is 15.2. The van der Waals surface area contributed by atoms with Crippen LogP contribution in [0, 0.1) is 5.82 Å². The summed E-state index contributed by atoms with van der Waals surface area (Å²) in [5, 5.41) is 11.6. The van der Waals surface area contributed by atoms with Gasteiger partial charge in [-0.05, 0) is 48.9 Å². The summed E-state index contributed by atoms with van der Waals surface area (Å²) >= 11 is 6.00. The van der Waals surface area contributed by atoms with E-state index in [0.717, 1.165) is 11.6 Å². The third-order valence-corrected chi connectivity index (χ3v) is 6.61. The van der Waals surface area contributed by atoms with Gasteiger partial charge in [0.2, 0.25) is 5.91 Å². The van der Waals surface area contributed by atoms with Crippen LogP contribution in [0.4, 0.5) is 10.1 Å². The van der Waals surface area contributed by atoms with Crippen LogP contribution in [0.25, 0.3) is 11.1 Å². The van der Waals surface area contributed by atoms with Crippen molar-refractivity contribution in [2.75, 3.05) is 12.4 Å². The van der Waals surface area contributed by atoms with Crippen molar-refractivity contribution in [2.45, 2.75) is 19.4 Å². The Bertz CT molecular complexity index is 1650. The van der Waals surface area contributed by atoms with Gasteiger partial charge in [-0.25, -0.2) is 9.18 Å². The second-order valence-electron chi connectivity index (χ2n) is 8.92. The number of carboxylic acids is 1. The molecule has 40 heavy (non-hydrogen) atoms. The Morgan fingerprint density at radius 2 is 1.73 bits per heavy atom. The van der Waals surface area contributed by atoms with Crippen LogP contribution in [-0.4, -0.2) is 34.4 Å². The van der Waals surface area contributed by atoms with E-state index < -0.39 is 35.1 Å². The Hall–Kier alpha value is -4.76. The van der Waals surface area contributed by atoms with Crippen LogP contribution in [0.15, 0.2) is 83.8 Å². The molecule has 1 amide bonds. The Kier molecular flexibility index (Phi) is 8.45. The first-order chi connectivity index (χ1) is 19.1. The summed E-state index contributed by atoms with van der Waals surface area (Å²) in [5.41, 5.74) is 0.340. The number of carboxylic acid groups (broad SMARTS) is 1. The standard InChI is InChI=1S/C30H24ClFN2O6/c1-17(35)21-12-13-23(31)28(32)27(21)22-15-26(36)34(16-25(22)40-2)24(14-18-6-4-3-5-7-18)29(37)33-20-10-8-19(9-11-20)30(38)39/h3-13,15-16,24H,14H2,1-2H3,(H,33,37)(H,38,39). The van der Waals surface area contributed by atoms with E-state index in [2.05, 4.69) is 5.32 Å². The number of hydrogen-bond donors (Lipinski definition) is 2. The van der Waals surface area contributed by atoms with Crippen LogP contribution in [0.1, 0.15) is 39.2 Å². The average Bonchev–Trinajstić information content (AvgIpc) is 2.94. The molecule has 4 aromatic rings. The number of Topliss-reactive ketones (excluding diaryl/α,β-unsaturated/α-hetero) is 1. The third-order valence-electron chi connectivity index (χ3n) is 6.32. The molecule has 0 saturated carbocycles. The molecule has 3 aromatic carbocycles. The summed E-state index contributed by atoms with van der Waals surface area (Å²) in [7, 11) is 1.32. The van der Waals surface area contributed by atoms with E-state index in [1.165, 1.54) is 61.2 Å². The minimum Gasteiger partial charge on any atom is -0.495 e. The minimum atomic E-state index is -1.11. The van der Waals surface area contributed by atoms with Gasteiger partial charge >= 0.3 is 5.97 Å². The Balaban J connectivity index is 1.82. The average molecular weight is 563 g/mol. The lowest BCUT2D eigenvalue weighted by molar-refractivity contribution is -0.119. The minimum absolute atomic E-state index is 0.0112. The molecule has 1 heterocycles. The van der Waals surface area contributed by atoms with E-state index in [1.54, 1.807) is 24.3 Å². The molecule has 0 bridgehead atoms. The number of ketones is 1. The molecule has 0 spiro atoms. The molecule has 0 saturated heterocycles. The zero-order valence-electron chi connectivity index (χ0n) is 21.5. The van der Waals surface area contributed by atoms with Crippen molar-refractivity contribution in [3.63, 3.8) is 0 Å². The van der Waals surface area contributed by atoms with Crippen LogP contribution in [0.2, 0.25) is 5.02 Å². The van der Waals surface area contributed by atoms with E-state index in [9.17, 15) is 19.2 Å². The van der Waals surface area contributed by atoms with Crippen LogP contribution in [-0.2, 0) is 11.2 Å². The topological polar surface area (TPSA) is 115 Å². The number of amides is 1. The van der Waals surface area contributed by atoms with E-state index in [4.69, 9.17) is 21.4 Å². The van der Waals surface area contributed by atoms with E-state index >= 15 is 4.39 Å². The molecule has 1 aromatic heterocycles. The van der Waals surface area contributed by atoms with Crippen molar-refractivity contribution in [3.8, 4) is 16.9 Å². The van der Waals surface area contributed by atoms with Gasteiger partial charge in [0.1, 0.15) is 17.6 Å². The van der Waals surface area contributed by atoms with Crippen molar-refractivity contribution >= 4 is 34.9 Å². The molecular weight excluding hydrogens is 539 g/mol.